The van der Waals surface area contributed by atoms with Crippen LogP contribution in [-0.4, -0.2) is 30.3 Å². The van der Waals surface area contributed by atoms with Gasteiger partial charge in [0.15, 0.2) is 0 Å². The Morgan fingerprint density at radius 2 is 1.89 bits per heavy atom. The van der Waals surface area contributed by atoms with E-state index < -0.39 is 5.60 Å². The Morgan fingerprint density at radius 3 is 2.56 bits per heavy atom. The summed E-state index contributed by atoms with van der Waals surface area (Å²) in [6.45, 7) is 7.42. The number of nitrogens with one attached hydrogen (secondary N) is 1. The number of para-hydroxylation sites is 1. The Kier molecular flexibility index (Phi) is 4.25. The molecular formula is C15H24N2O. The predicted molar refractivity (Wildman–Crippen MR) is 75.9 cm³/mol. The average molecular weight is 248 g/mol. The lowest BCUT2D eigenvalue weighted by molar-refractivity contribution is 0.0795. The van der Waals surface area contributed by atoms with E-state index in [1.54, 1.807) is 0 Å². The summed E-state index contributed by atoms with van der Waals surface area (Å²) >= 11 is 0. The first kappa shape index (κ1) is 13.4. The minimum atomic E-state index is -0.650. The van der Waals surface area contributed by atoms with Gasteiger partial charge in [-0.25, -0.2) is 0 Å². The van der Waals surface area contributed by atoms with E-state index in [4.69, 9.17) is 0 Å². The molecule has 0 unspecified atom stereocenters. The number of hydrogen-bond donors (Lipinski definition) is 2. The molecule has 0 spiro atoms. The van der Waals surface area contributed by atoms with E-state index in [0.717, 1.165) is 6.54 Å². The van der Waals surface area contributed by atoms with Crippen LogP contribution in [0.25, 0.3) is 0 Å². The lowest BCUT2D eigenvalue weighted by atomic mass is 10.1. The van der Waals surface area contributed by atoms with Gasteiger partial charge < -0.3 is 15.3 Å². The predicted octanol–water partition coefficient (Wildman–Crippen LogP) is 2.15. The molecule has 0 saturated carbocycles. The first-order valence-electron chi connectivity index (χ1n) is 6.82. The second-order valence-corrected chi connectivity index (χ2v) is 5.74. The van der Waals surface area contributed by atoms with Crippen molar-refractivity contribution in [2.75, 3.05) is 24.5 Å². The zero-order valence-corrected chi connectivity index (χ0v) is 11.4. The number of nitrogens with zero attached hydrogens (tertiary/aromatic N) is 1. The molecule has 100 valence electrons. The van der Waals surface area contributed by atoms with Crippen LogP contribution in [0, 0.1) is 0 Å². The molecule has 2 N–H and O–H groups in total. The molecule has 0 bridgehead atoms. The number of rotatable bonds is 5. The van der Waals surface area contributed by atoms with E-state index in [-0.39, 0.29) is 0 Å². The normalized spacial score (nSPS) is 16.3. The van der Waals surface area contributed by atoms with Crippen LogP contribution in [0.15, 0.2) is 24.3 Å². The minimum Gasteiger partial charge on any atom is -0.389 e. The summed E-state index contributed by atoms with van der Waals surface area (Å²) in [5.74, 6) is 0. The van der Waals surface area contributed by atoms with Gasteiger partial charge in [0.2, 0.25) is 0 Å². The fraction of sp³-hybridized carbons (Fsp3) is 0.600. The molecule has 3 heteroatoms. The third-order valence-electron chi connectivity index (χ3n) is 3.31. The van der Waals surface area contributed by atoms with Crippen molar-refractivity contribution in [2.45, 2.75) is 38.8 Å². The highest BCUT2D eigenvalue weighted by molar-refractivity contribution is 5.54. The maximum absolute atomic E-state index is 9.70. The van der Waals surface area contributed by atoms with E-state index >= 15 is 0 Å². The number of aliphatic hydroxyl groups is 1. The fourth-order valence-corrected chi connectivity index (χ4v) is 2.43. The smallest absolute Gasteiger partial charge is 0.0715 e. The van der Waals surface area contributed by atoms with Crippen LogP contribution >= 0.6 is 0 Å². The van der Waals surface area contributed by atoms with Gasteiger partial charge in [-0.05, 0) is 38.3 Å². The highest BCUT2D eigenvalue weighted by Crippen LogP contribution is 2.24. The van der Waals surface area contributed by atoms with Crippen molar-refractivity contribution >= 4 is 5.69 Å². The van der Waals surface area contributed by atoms with E-state index in [2.05, 4.69) is 34.5 Å². The van der Waals surface area contributed by atoms with Gasteiger partial charge in [0.1, 0.15) is 0 Å². The molecule has 0 aliphatic carbocycles. The molecule has 0 aromatic heterocycles. The maximum Gasteiger partial charge on any atom is 0.0715 e. The SMILES string of the molecule is CC(C)(O)CNCc1ccccc1N1CCCC1. The summed E-state index contributed by atoms with van der Waals surface area (Å²) in [5, 5.41) is 13.0. The highest BCUT2D eigenvalue weighted by Gasteiger charge is 2.16. The van der Waals surface area contributed by atoms with Crippen molar-refractivity contribution in [3.8, 4) is 0 Å². The lowest BCUT2D eigenvalue weighted by Gasteiger charge is -2.23. The molecule has 0 atom stereocenters. The molecule has 18 heavy (non-hydrogen) atoms. The second-order valence-electron chi connectivity index (χ2n) is 5.74. The Morgan fingerprint density at radius 1 is 1.22 bits per heavy atom. The minimum absolute atomic E-state index is 0.612. The maximum atomic E-state index is 9.70. The van der Waals surface area contributed by atoms with Crippen LogP contribution in [0.4, 0.5) is 5.69 Å². The zero-order valence-electron chi connectivity index (χ0n) is 11.4. The van der Waals surface area contributed by atoms with E-state index in [9.17, 15) is 5.11 Å². The molecule has 1 aromatic rings. The van der Waals surface area contributed by atoms with Crippen LogP contribution in [0.5, 0.6) is 0 Å². The van der Waals surface area contributed by atoms with E-state index in [1.165, 1.54) is 37.2 Å². The van der Waals surface area contributed by atoms with Crippen molar-refractivity contribution in [1.29, 1.82) is 0 Å². The lowest BCUT2D eigenvalue weighted by Crippen LogP contribution is -2.34. The highest BCUT2D eigenvalue weighted by atomic mass is 16.3. The fourth-order valence-electron chi connectivity index (χ4n) is 2.43. The van der Waals surface area contributed by atoms with Gasteiger partial charge in [0.05, 0.1) is 5.60 Å². The van der Waals surface area contributed by atoms with Gasteiger partial charge in [-0.1, -0.05) is 18.2 Å². The molecule has 0 amide bonds. The molecule has 1 aliphatic rings. The van der Waals surface area contributed by atoms with Crippen LogP contribution in [-0.2, 0) is 6.54 Å². The molecule has 1 heterocycles. The molecule has 3 nitrogen and oxygen atoms in total. The third-order valence-corrected chi connectivity index (χ3v) is 3.31. The molecule has 1 fully saturated rings. The molecule has 1 aliphatic heterocycles. The Hall–Kier alpha value is -1.06. The molecular weight excluding hydrogens is 224 g/mol. The van der Waals surface area contributed by atoms with Crippen molar-refractivity contribution in [1.82, 2.24) is 5.32 Å². The summed E-state index contributed by atoms with van der Waals surface area (Å²) in [6, 6.07) is 8.56. The van der Waals surface area contributed by atoms with Crippen molar-refractivity contribution < 1.29 is 5.11 Å². The second kappa shape index (κ2) is 5.72. The van der Waals surface area contributed by atoms with Crippen LogP contribution < -0.4 is 10.2 Å². The average Bonchev–Trinajstić information content (AvgIpc) is 2.81. The molecule has 1 aromatic carbocycles. The Labute approximate surface area is 110 Å². The number of anilines is 1. The van der Waals surface area contributed by atoms with Gasteiger partial charge >= 0.3 is 0 Å². The van der Waals surface area contributed by atoms with Crippen LogP contribution in [0.3, 0.4) is 0 Å². The molecule has 0 radical (unpaired) electrons. The van der Waals surface area contributed by atoms with Crippen molar-refractivity contribution in [2.24, 2.45) is 0 Å². The summed E-state index contributed by atoms with van der Waals surface area (Å²) in [7, 11) is 0. The van der Waals surface area contributed by atoms with Crippen molar-refractivity contribution in [3.05, 3.63) is 29.8 Å². The van der Waals surface area contributed by atoms with Gasteiger partial charge in [-0.2, -0.15) is 0 Å². The quantitative estimate of drug-likeness (QED) is 0.838. The molecule has 2 rings (SSSR count). The van der Waals surface area contributed by atoms with Gasteiger partial charge in [0, 0.05) is 31.9 Å². The topological polar surface area (TPSA) is 35.5 Å². The van der Waals surface area contributed by atoms with Gasteiger partial charge in [0.25, 0.3) is 0 Å². The monoisotopic (exact) mass is 248 g/mol. The summed E-state index contributed by atoms with van der Waals surface area (Å²) < 4.78 is 0. The summed E-state index contributed by atoms with van der Waals surface area (Å²) in [5.41, 5.74) is 2.02. The number of benzene rings is 1. The Balaban J connectivity index is 1.99. The first-order valence-corrected chi connectivity index (χ1v) is 6.82. The zero-order chi connectivity index (χ0) is 13.0. The first-order chi connectivity index (χ1) is 8.56. The van der Waals surface area contributed by atoms with Gasteiger partial charge in [-0.3, -0.25) is 0 Å². The van der Waals surface area contributed by atoms with E-state index in [1.807, 2.05) is 13.8 Å². The van der Waals surface area contributed by atoms with E-state index in [0.29, 0.717) is 6.54 Å². The van der Waals surface area contributed by atoms with Crippen LogP contribution in [0.1, 0.15) is 32.3 Å². The molecule has 1 saturated heterocycles. The van der Waals surface area contributed by atoms with Crippen molar-refractivity contribution in [3.63, 3.8) is 0 Å². The number of hydrogen-bond acceptors (Lipinski definition) is 3. The third kappa shape index (κ3) is 3.72. The summed E-state index contributed by atoms with van der Waals surface area (Å²) in [4.78, 5) is 2.46. The summed E-state index contributed by atoms with van der Waals surface area (Å²) in [6.07, 6.45) is 2.59. The van der Waals surface area contributed by atoms with Crippen LogP contribution in [0.2, 0.25) is 0 Å². The Bertz CT molecular complexity index is 378. The standard InChI is InChI=1S/C15H24N2O/c1-15(2,18)12-16-11-13-7-3-4-8-14(13)17-9-5-6-10-17/h3-4,7-8,16,18H,5-6,9-12H2,1-2H3. The largest absolute Gasteiger partial charge is 0.389 e. The van der Waals surface area contributed by atoms with Gasteiger partial charge in [-0.15, -0.1) is 0 Å².